The molecule has 1 saturated carbocycles. The molecule has 2 N–H and O–H groups in total. The van der Waals surface area contributed by atoms with Crippen molar-refractivity contribution in [1.29, 1.82) is 0 Å². The Morgan fingerprint density at radius 2 is 2.21 bits per heavy atom. The minimum absolute atomic E-state index is 0.304. The topological polar surface area (TPSA) is 62.2 Å². The number of rotatable bonds is 4. The predicted octanol–water partition coefficient (Wildman–Crippen LogP) is 3.09. The predicted molar refractivity (Wildman–Crippen MR) is 79.2 cm³/mol. The lowest BCUT2D eigenvalue weighted by molar-refractivity contribution is 0.0696. The third-order valence-electron chi connectivity index (χ3n) is 3.62. The molecule has 0 aliphatic heterocycles. The van der Waals surface area contributed by atoms with Gasteiger partial charge in [0.15, 0.2) is 0 Å². The van der Waals surface area contributed by atoms with Gasteiger partial charge in [0.2, 0.25) is 0 Å². The van der Waals surface area contributed by atoms with Crippen LogP contribution < -0.4 is 5.32 Å². The van der Waals surface area contributed by atoms with Gasteiger partial charge in [0.1, 0.15) is 11.4 Å². The molecule has 1 aromatic rings. The first kappa shape index (κ1) is 14.2. The molecule has 0 spiro atoms. The molecule has 2 unspecified atom stereocenters. The number of carbonyl (C=O) groups is 1. The lowest BCUT2D eigenvalue weighted by Gasteiger charge is -2.17. The zero-order chi connectivity index (χ0) is 14.0. The molecule has 4 nitrogen and oxygen atoms in total. The first-order valence-corrected chi connectivity index (χ1v) is 7.81. The van der Waals surface area contributed by atoms with Crippen LogP contribution in [0.2, 0.25) is 0 Å². The molecule has 1 aliphatic rings. The second-order valence-corrected chi connectivity index (χ2v) is 6.26. The zero-order valence-corrected chi connectivity index (χ0v) is 12.4. The molecule has 104 valence electrons. The Bertz CT molecular complexity index is 491. The van der Waals surface area contributed by atoms with Crippen molar-refractivity contribution in [2.45, 2.75) is 44.4 Å². The fraction of sp³-hybridized carbons (Fsp3) is 0.571. The quantitative estimate of drug-likeness (QED) is 0.887. The number of aromatic nitrogens is 1. The second kappa shape index (κ2) is 5.82. The first-order chi connectivity index (χ1) is 9.01. The van der Waals surface area contributed by atoms with Crippen LogP contribution in [0.5, 0.6) is 0 Å². The van der Waals surface area contributed by atoms with E-state index < -0.39 is 5.97 Å². The van der Waals surface area contributed by atoms with Crippen LogP contribution in [-0.4, -0.2) is 33.6 Å². The van der Waals surface area contributed by atoms with E-state index in [0.717, 1.165) is 24.1 Å². The van der Waals surface area contributed by atoms with Crippen LogP contribution >= 0.6 is 11.8 Å². The van der Waals surface area contributed by atoms with Gasteiger partial charge in [0.25, 0.3) is 0 Å². The van der Waals surface area contributed by atoms with Crippen LogP contribution in [0, 0.1) is 13.8 Å². The third-order valence-corrected chi connectivity index (χ3v) is 4.71. The van der Waals surface area contributed by atoms with Gasteiger partial charge in [-0.25, -0.2) is 9.78 Å². The number of nitrogens with zero attached hydrogens (tertiary/aromatic N) is 1. The molecule has 0 radical (unpaired) electrons. The number of aryl methyl sites for hydroxylation is 2. The van der Waals surface area contributed by atoms with Crippen LogP contribution in [0.25, 0.3) is 0 Å². The van der Waals surface area contributed by atoms with Gasteiger partial charge in [-0.2, -0.15) is 11.8 Å². The van der Waals surface area contributed by atoms with Gasteiger partial charge < -0.3 is 10.4 Å². The van der Waals surface area contributed by atoms with Crippen molar-refractivity contribution in [3.05, 3.63) is 22.9 Å². The van der Waals surface area contributed by atoms with E-state index >= 15 is 0 Å². The highest BCUT2D eigenvalue weighted by Gasteiger charge is 2.26. The van der Waals surface area contributed by atoms with Crippen molar-refractivity contribution in [1.82, 2.24) is 4.98 Å². The van der Waals surface area contributed by atoms with Crippen molar-refractivity contribution in [2.75, 3.05) is 11.6 Å². The smallest absolute Gasteiger partial charge is 0.339 e. The number of anilines is 1. The molecule has 2 atom stereocenters. The van der Waals surface area contributed by atoms with E-state index in [4.69, 9.17) is 0 Å². The summed E-state index contributed by atoms with van der Waals surface area (Å²) < 4.78 is 0. The third kappa shape index (κ3) is 3.21. The molecule has 19 heavy (non-hydrogen) atoms. The molecular weight excluding hydrogens is 260 g/mol. The van der Waals surface area contributed by atoms with Gasteiger partial charge in [-0.1, -0.05) is 0 Å². The number of carboxylic acid groups (broad SMARTS) is 1. The maximum atomic E-state index is 11.4. The Hall–Kier alpha value is -1.23. The number of thioether (sulfide) groups is 1. The first-order valence-electron chi connectivity index (χ1n) is 6.52. The molecule has 0 amide bonds. The molecule has 1 aliphatic carbocycles. The van der Waals surface area contributed by atoms with Gasteiger partial charge >= 0.3 is 5.97 Å². The molecule has 1 heterocycles. The van der Waals surface area contributed by atoms with Crippen molar-refractivity contribution in [3.8, 4) is 0 Å². The van der Waals surface area contributed by atoms with E-state index in [-0.39, 0.29) is 0 Å². The molecule has 0 saturated heterocycles. The SMILES string of the molecule is CSC1CCC(Nc2nc(C)cc(C)c2C(=O)O)C1. The molecule has 2 rings (SSSR count). The lowest BCUT2D eigenvalue weighted by atomic mass is 10.1. The largest absolute Gasteiger partial charge is 0.478 e. The Balaban J connectivity index is 2.22. The zero-order valence-electron chi connectivity index (χ0n) is 11.6. The summed E-state index contributed by atoms with van der Waals surface area (Å²) in [7, 11) is 0. The van der Waals surface area contributed by atoms with E-state index in [2.05, 4.69) is 16.6 Å². The molecule has 1 fully saturated rings. The maximum Gasteiger partial charge on any atom is 0.339 e. The van der Waals surface area contributed by atoms with Crippen LogP contribution in [0.3, 0.4) is 0 Å². The lowest BCUT2D eigenvalue weighted by Crippen LogP contribution is -2.20. The number of nitrogens with one attached hydrogen (secondary N) is 1. The van der Waals surface area contributed by atoms with E-state index in [9.17, 15) is 9.90 Å². The summed E-state index contributed by atoms with van der Waals surface area (Å²) in [6.45, 7) is 3.71. The highest BCUT2D eigenvalue weighted by molar-refractivity contribution is 7.99. The molecule has 1 aromatic heterocycles. The minimum atomic E-state index is -0.910. The average Bonchev–Trinajstić information content (AvgIpc) is 2.75. The van der Waals surface area contributed by atoms with Crippen molar-refractivity contribution in [3.63, 3.8) is 0 Å². The maximum absolute atomic E-state index is 11.4. The Labute approximate surface area is 118 Å². The summed E-state index contributed by atoms with van der Waals surface area (Å²) in [4.78, 5) is 15.7. The number of hydrogen-bond acceptors (Lipinski definition) is 4. The van der Waals surface area contributed by atoms with Gasteiger partial charge in [-0.15, -0.1) is 0 Å². The number of carboxylic acids is 1. The highest BCUT2D eigenvalue weighted by atomic mass is 32.2. The summed E-state index contributed by atoms with van der Waals surface area (Å²) in [5.74, 6) is -0.385. The van der Waals surface area contributed by atoms with Crippen LogP contribution in [-0.2, 0) is 0 Å². The standard InChI is InChI=1S/C14H20N2O2S/c1-8-6-9(2)15-13(12(8)14(17)18)16-10-4-5-11(7-10)19-3/h6,10-11H,4-5,7H2,1-3H3,(H,15,16)(H,17,18). The van der Waals surface area contributed by atoms with E-state index in [1.807, 2.05) is 31.7 Å². The van der Waals surface area contributed by atoms with Gasteiger partial charge in [-0.05, 0) is 51.0 Å². The van der Waals surface area contributed by atoms with Crippen molar-refractivity contribution < 1.29 is 9.90 Å². The molecular formula is C14H20N2O2S. The molecule has 0 bridgehead atoms. The Kier molecular flexibility index (Phi) is 4.34. The minimum Gasteiger partial charge on any atom is -0.478 e. The van der Waals surface area contributed by atoms with Crippen LogP contribution in [0.4, 0.5) is 5.82 Å². The molecule has 0 aromatic carbocycles. The van der Waals surface area contributed by atoms with Crippen molar-refractivity contribution in [2.24, 2.45) is 0 Å². The number of hydrogen-bond donors (Lipinski definition) is 2. The van der Waals surface area contributed by atoms with E-state index in [1.54, 1.807) is 0 Å². The Morgan fingerprint density at radius 1 is 1.47 bits per heavy atom. The van der Waals surface area contributed by atoms with Crippen molar-refractivity contribution >= 4 is 23.5 Å². The van der Waals surface area contributed by atoms with Crippen LogP contribution in [0.1, 0.15) is 40.9 Å². The normalized spacial score (nSPS) is 22.5. The highest BCUT2D eigenvalue weighted by Crippen LogP contribution is 2.31. The summed E-state index contributed by atoms with van der Waals surface area (Å²) in [6.07, 6.45) is 5.48. The summed E-state index contributed by atoms with van der Waals surface area (Å²) in [6, 6.07) is 2.15. The van der Waals surface area contributed by atoms with Crippen LogP contribution in [0.15, 0.2) is 6.07 Å². The Morgan fingerprint density at radius 3 is 2.79 bits per heavy atom. The summed E-state index contributed by atoms with van der Waals surface area (Å²) in [5.41, 5.74) is 1.92. The summed E-state index contributed by atoms with van der Waals surface area (Å²) >= 11 is 1.89. The fourth-order valence-electron chi connectivity index (χ4n) is 2.69. The number of aromatic carboxylic acids is 1. The second-order valence-electron chi connectivity index (χ2n) is 5.12. The van der Waals surface area contributed by atoms with Gasteiger partial charge in [0, 0.05) is 17.0 Å². The number of pyridine rings is 1. The van der Waals surface area contributed by atoms with Gasteiger partial charge in [0.05, 0.1) is 0 Å². The molecule has 5 heteroatoms. The monoisotopic (exact) mass is 280 g/mol. The van der Waals surface area contributed by atoms with E-state index in [1.165, 1.54) is 6.42 Å². The van der Waals surface area contributed by atoms with E-state index in [0.29, 0.717) is 22.7 Å². The van der Waals surface area contributed by atoms with Gasteiger partial charge in [-0.3, -0.25) is 0 Å². The fourth-order valence-corrected chi connectivity index (χ4v) is 3.49. The average molecular weight is 280 g/mol. The summed E-state index contributed by atoms with van der Waals surface area (Å²) in [5, 5.41) is 13.3.